The molecule has 1 fully saturated rings. The maximum atomic E-state index is 13.3. The van der Waals surface area contributed by atoms with E-state index in [1.807, 2.05) is 24.0 Å². The monoisotopic (exact) mass is 371 g/mol. The molecule has 1 aromatic heterocycles. The van der Waals surface area contributed by atoms with Gasteiger partial charge in [-0.05, 0) is 31.9 Å². The molecule has 146 valence electrons. The highest BCUT2D eigenvalue weighted by Crippen LogP contribution is 2.27. The summed E-state index contributed by atoms with van der Waals surface area (Å²) in [6.45, 7) is 9.30. The Balaban J connectivity index is 1.84. The Labute approximate surface area is 160 Å². The van der Waals surface area contributed by atoms with Gasteiger partial charge in [0.2, 0.25) is 0 Å². The van der Waals surface area contributed by atoms with Gasteiger partial charge in [-0.3, -0.25) is 4.79 Å². The van der Waals surface area contributed by atoms with Crippen molar-refractivity contribution in [2.75, 3.05) is 32.8 Å². The van der Waals surface area contributed by atoms with Gasteiger partial charge in [-0.15, -0.1) is 0 Å². The number of rotatable bonds is 5. The van der Waals surface area contributed by atoms with Crippen molar-refractivity contribution in [1.29, 1.82) is 0 Å². The first kappa shape index (κ1) is 19.3. The zero-order valence-electron chi connectivity index (χ0n) is 16.5. The molecular weight excluding hydrogens is 342 g/mol. The lowest BCUT2D eigenvalue weighted by Gasteiger charge is -2.34. The van der Waals surface area contributed by atoms with Crippen molar-refractivity contribution in [2.24, 2.45) is 0 Å². The third-order valence-electron chi connectivity index (χ3n) is 5.25. The van der Waals surface area contributed by atoms with Crippen LogP contribution in [0.4, 0.5) is 4.79 Å². The Hall–Kier alpha value is -2.50. The molecule has 0 unspecified atom stereocenters. The second-order valence-corrected chi connectivity index (χ2v) is 6.97. The molecule has 0 saturated carbocycles. The minimum atomic E-state index is -0.294. The zero-order chi connectivity index (χ0) is 19.4. The Morgan fingerprint density at radius 3 is 2.37 bits per heavy atom. The van der Waals surface area contributed by atoms with Crippen LogP contribution in [0.2, 0.25) is 0 Å². The largest absolute Gasteiger partial charge is 0.450 e. The van der Waals surface area contributed by atoms with Crippen molar-refractivity contribution in [2.45, 2.75) is 40.2 Å². The maximum absolute atomic E-state index is 13.3. The first-order chi connectivity index (χ1) is 13.1. The number of fused-ring (bicyclic) bond motifs is 1. The lowest BCUT2D eigenvalue weighted by atomic mass is 10.1. The molecule has 1 aromatic carbocycles. The summed E-state index contributed by atoms with van der Waals surface area (Å²) in [7, 11) is 0. The minimum Gasteiger partial charge on any atom is -0.450 e. The van der Waals surface area contributed by atoms with Gasteiger partial charge in [-0.2, -0.15) is 0 Å². The number of carbonyl (C=O) groups is 2. The molecule has 2 amide bonds. The van der Waals surface area contributed by atoms with Crippen molar-refractivity contribution in [3.8, 4) is 0 Å². The summed E-state index contributed by atoms with van der Waals surface area (Å²) >= 11 is 0. The van der Waals surface area contributed by atoms with Gasteiger partial charge in [0.15, 0.2) is 0 Å². The topological polar surface area (TPSA) is 54.8 Å². The third kappa shape index (κ3) is 3.80. The molecule has 0 radical (unpaired) electrons. The molecule has 6 heteroatoms. The molecule has 1 aliphatic rings. The summed E-state index contributed by atoms with van der Waals surface area (Å²) < 4.78 is 7.24. The van der Waals surface area contributed by atoms with Crippen molar-refractivity contribution < 1.29 is 14.3 Å². The van der Waals surface area contributed by atoms with Gasteiger partial charge in [0.05, 0.1) is 6.61 Å². The van der Waals surface area contributed by atoms with Crippen LogP contribution in [0.1, 0.15) is 42.7 Å². The fraction of sp³-hybridized carbons (Fsp3) is 0.524. The summed E-state index contributed by atoms with van der Waals surface area (Å²) in [5.41, 5.74) is 2.95. The van der Waals surface area contributed by atoms with Crippen LogP contribution < -0.4 is 0 Å². The van der Waals surface area contributed by atoms with Crippen LogP contribution in [0.5, 0.6) is 0 Å². The minimum absolute atomic E-state index is 0.0586. The van der Waals surface area contributed by atoms with Crippen LogP contribution in [0.15, 0.2) is 24.3 Å². The van der Waals surface area contributed by atoms with Crippen LogP contribution in [-0.2, 0) is 11.3 Å². The molecule has 1 saturated heterocycles. The number of para-hydroxylation sites is 1. The van der Waals surface area contributed by atoms with E-state index in [0.29, 0.717) is 32.8 Å². The number of hydrogen-bond donors (Lipinski definition) is 0. The molecule has 2 aromatic rings. The number of nitrogens with zero attached hydrogens (tertiary/aromatic N) is 3. The van der Waals surface area contributed by atoms with Gasteiger partial charge in [0, 0.05) is 43.6 Å². The highest BCUT2D eigenvalue weighted by Gasteiger charge is 2.29. The molecule has 27 heavy (non-hydrogen) atoms. The predicted octanol–water partition coefficient (Wildman–Crippen LogP) is 3.66. The lowest BCUT2D eigenvalue weighted by Crippen LogP contribution is -2.51. The van der Waals surface area contributed by atoms with Gasteiger partial charge >= 0.3 is 6.09 Å². The number of amides is 2. The van der Waals surface area contributed by atoms with Crippen LogP contribution >= 0.6 is 0 Å². The second kappa shape index (κ2) is 8.46. The number of piperazine rings is 1. The van der Waals surface area contributed by atoms with Crippen LogP contribution in [0, 0.1) is 6.92 Å². The van der Waals surface area contributed by atoms with E-state index in [1.54, 1.807) is 11.8 Å². The van der Waals surface area contributed by atoms with Gasteiger partial charge in [0.25, 0.3) is 5.91 Å². The molecular formula is C21H29N3O3. The number of aryl methyl sites for hydroxylation is 2. The molecule has 1 aliphatic heterocycles. The summed E-state index contributed by atoms with van der Waals surface area (Å²) in [5.74, 6) is 0.0586. The van der Waals surface area contributed by atoms with E-state index in [4.69, 9.17) is 4.74 Å². The highest BCUT2D eigenvalue weighted by atomic mass is 16.6. The predicted molar refractivity (Wildman–Crippen MR) is 106 cm³/mol. The molecule has 0 atom stereocenters. The number of hydrogen-bond acceptors (Lipinski definition) is 3. The number of unbranched alkanes of at least 4 members (excludes halogenated alkanes) is 1. The quantitative estimate of drug-likeness (QED) is 0.806. The van der Waals surface area contributed by atoms with E-state index < -0.39 is 0 Å². The number of ether oxygens (including phenoxy) is 1. The molecule has 6 nitrogen and oxygen atoms in total. The molecule has 0 spiro atoms. The zero-order valence-corrected chi connectivity index (χ0v) is 16.5. The normalized spacial score (nSPS) is 14.6. The Bertz CT molecular complexity index is 819. The summed E-state index contributed by atoms with van der Waals surface area (Å²) in [4.78, 5) is 28.8. The lowest BCUT2D eigenvalue weighted by molar-refractivity contribution is 0.0561. The van der Waals surface area contributed by atoms with E-state index >= 15 is 0 Å². The van der Waals surface area contributed by atoms with Crippen molar-refractivity contribution in [1.82, 2.24) is 14.4 Å². The average Bonchev–Trinajstić information content (AvgIpc) is 2.98. The van der Waals surface area contributed by atoms with Crippen LogP contribution in [0.3, 0.4) is 0 Å². The molecule has 3 rings (SSSR count). The molecule has 0 bridgehead atoms. The van der Waals surface area contributed by atoms with E-state index in [1.165, 1.54) is 0 Å². The van der Waals surface area contributed by atoms with Gasteiger partial charge in [-0.1, -0.05) is 31.5 Å². The van der Waals surface area contributed by atoms with E-state index in [2.05, 4.69) is 23.6 Å². The second-order valence-electron chi connectivity index (χ2n) is 6.97. The highest BCUT2D eigenvalue weighted by molar-refractivity contribution is 6.01. The Kier molecular flexibility index (Phi) is 6.04. The average molecular weight is 371 g/mol. The van der Waals surface area contributed by atoms with Crippen LogP contribution in [-0.4, -0.2) is 59.2 Å². The Morgan fingerprint density at radius 2 is 1.70 bits per heavy atom. The molecule has 0 N–H and O–H groups in total. The SMILES string of the molecule is CCCCn1c(C(=O)N2CCN(C(=O)OCC)CC2)c(C)c2ccccc21. The number of benzene rings is 1. The van der Waals surface area contributed by atoms with E-state index in [9.17, 15) is 9.59 Å². The first-order valence-corrected chi connectivity index (χ1v) is 9.87. The van der Waals surface area contributed by atoms with Gasteiger partial charge in [0.1, 0.15) is 5.69 Å². The third-order valence-corrected chi connectivity index (χ3v) is 5.25. The summed E-state index contributed by atoms with van der Waals surface area (Å²) in [5, 5.41) is 1.14. The van der Waals surface area contributed by atoms with E-state index in [0.717, 1.165) is 41.5 Å². The van der Waals surface area contributed by atoms with Gasteiger partial charge < -0.3 is 19.1 Å². The number of aromatic nitrogens is 1. The maximum Gasteiger partial charge on any atom is 0.409 e. The van der Waals surface area contributed by atoms with Crippen LogP contribution in [0.25, 0.3) is 10.9 Å². The molecule has 2 heterocycles. The molecule has 0 aliphatic carbocycles. The van der Waals surface area contributed by atoms with Crippen molar-refractivity contribution in [3.05, 3.63) is 35.5 Å². The fourth-order valence-electron chi connectivity index (χ4n) is 3.76. The van der Waals surface area contributed by atoms with Gasteiger partial charge in [-0.25, -0.2) is 4.79 Å². The standard InChI is InChI=1S/C21H29N3O3/c1-4-6-11-24-18-10-8-7-9-17(18)16(3)19(24)20(25)22-12-14-23(15-13-22)21(26)27-5-2/h7-10H,4-6,11-15H2,1-3H3. The Morgan fingerprint density at radius 1 is 1.04 bits per heavy atom. The fourth-order valence-corrected chi connectivity index (χ4v) is 3.76. The summed E-state index contributed by atoms with van der Waals surface area (Å²) in [6, 6.07) is 8.22. The summed E-state index contributed by atoms with van der Waals surface area (Å²) in [6.07, 6.45) is 1.82. The number of carbonyl (C=O) groups excluding carboxylic acids is 2. The first-order valence-electron chi connectivity index (χ1n) is 9.87. The van der Waals surface area contributed by atoms with Crippen molar-refractivity contribution >= 4 is 22.9 Å². The van der Waals surface area contributed by atoms with E-state index in [-0.39, 0.29) is 12.0 Å². The van der Waals surface area contributed by atoms with Crippen molar-refractivity contribution in [3.63, 3.8) is 0 Å². The smallest absolute Gasteiger partial charge is 0.409 e.